The van der Waals surface area contributed by atoms with E-state index in [9.17, 15) is 4.79 Å². The van der Waals surface area contributed by atoms with Gasteiger partial charge in [0.15, 0.2) is 5.13 Å². The van der Waals surface area contributed by atoms with Crippen molar-refractivity contribution in [2.75, 3.05) is 32.1 Å². The van der Waals surface area contributed by atoms with Gasteiger partial charge in [-0.2, -0.15) is 0 Å². The van der Waals surface area contributed by atoms with Gasteiger partial charge in [-0.3, -0.25) is 9.69 Å². The van der Waals surface area contributed by atoms with Gasteiger partial charge in [0.1, 0.15) is 0 Å². The average molecular weight is 526 g/mol. The number of aromatic nitrogens is 1. The molecule has 0 atom stereocenters. The Kier molecular flexibility index (Phi) is 7.42. The predicted octanol–water partition coefficient (Wildman–Crippen LogP) is 5.51. The van der Waals surface area contributed by atoms with E-state index in [4.69, 9.17) is 0 Å². The van der Waals surface area contributed by atoms with Gasteiger partial charge in [0.05, 0.1) is 18.9 Å². The monoisotopic (exact) mass is 523 g/mol. The Labute approximate surface area is 177 Å². The molecule has 25 heavy (non-hydrogen) atoms. The second kappa shape index (κ2) is 8.92. The van der Waals surface area contributed by atoms with Crippen molar-refractivity contribution in [2.24, 2.45) is 0 Å². The number of carbonyl (C=O) groups is 1. The third-order valence-electron chi connectivity index (χ3n) is 3.37. The molecule has 0 saturated carbocycles. The topological polar surface area (TPSA) is 36.4 Å². The molecule has 3 aromatic rings. The predicted molar refractivity (Wildman–Crippen MR) is 117 cm³/mol. The van der Waals surface area contributed by atoms with E-state index < -0.39 is 0 Å². The van der Waals surface area contributed by atoms with Gasteiger partial charge in [-0.25, -0.2) is 4.98 Å². The lowest BCUT2D eigenvalue weighted by atomic mass is 10.3. The van der Waals surface area contributed by atoms with Crippen LogP contribution in [0, 0.1) is 0 Å². The molecule has 0 radical (unpaired) electrons. The second-order valence-electron chi connectivity index (χ2n) is 5.47. The minimum Gasteiger partial charge on any atom is -0.308 e. The number of hydrogen-bond donors (Lipinski definition) is 0. The summed E-state index contributed by atoms with van der Waals surface area (Å²) in [5, 5.41) is 0.736. The molecule has 9 heteroatoms. The molecule has 1 aromatic carbocycles. The van der Waals surface area contributed by atoms with E-state index >= 15 is 0 Å². The summed E-state index contributed by atoms with van der Waals surface area (Å²) < 4.78 is 3.03. The fraction of sp³-hybridized carbons (Fsp3) is 0.250. The Morgan fingerprint density at radius 1 is 1.12 bits per heavy atom. The summed E-state index contributed by atoms with van der Waals surface area (Å²) in [7, 11) is 4.00. The van der Waals surface area contributed by atoms with Crippen LogP contribution < -0.4 is 4.90 Å². The van der Waals surface area contributed by atoms with Crippen molar-refractivity contribution in [1.82, 2.24) is 9.88 Å². The Hall–Kier alpha value is -0.510. The highest BCUT2D eigenvalue weighted by atomic mass is 79.9. The normalized spacial score (nSPS) is 10.9. The minimum absolute atomic E-state index is 0. The molecule has 3 rings (SSSR count). The zero-order valence-corrected chi connectivity index (χ0v) is 19.2. The lowest BCUT2D eigenvalue weighted by Gasteiger charge is -2.21. The van der Waals surface area contributed by atoms with Gasteiger partial charge in [-0.1, -0.05) is 27.3 Å². The standard InChI is InChI=1S/C16H15Br2N3OS2.ClH/c1-20(2)7-8-21(15(22)12-5-6-14(18)23-12)16-19-11-4-3-10(17)9-13(11)24-16;/h3-6,9H,7-8H2,1-2H3;1H. The zero-order valence-electron chi connectivity index (χ0n) is 13.5. The number of thiophene rings is 1. The number of likely N-dealkylation sites (N-methyl/N-ethyl adjacent to an activating group) is 1. The fourth-order valence-electron chi connectivity index (χ4n) is 2.15. The molecule has 0 saturated heterocycles. The molecule has 0 aliphatic carbocycles. The van der Waals surface area contributed by atoms with E-state index in [1.54, 1.807) is 4.90 Å². The lowest BCUT2D eigenvalue weighted by Crippen LogP contribution is -2.36. The van der Waals surface area contributed by atoms with Gasteiger partial charge in [0.2, 0.25) is 0 Å². The van der Waals surface area contributed by atoms with Crippen molar-refractivity contribution >= 4 is 88.2 Å². The molecule has 0 N–H and O–H groups in total. The van der Waals surface area contributed by atoms with E-state index in [1.807, 2.05) is 44.4 Å². The Morgan fingerprint density at radius 3 is 2.52 bits per heavy atom. The van der Waals surface area contributed by atoms with E-state index in [0.717, 1.165) is 30.2 Å². The smallest absolute Gasteiger partial charge is 0.270 e. The number of benzene rings is 1. The quantitative estimate of drug-likeness (QED) is 0.441. The van der Waals surface area contributed by atoms with E-state index in [1.165, 1.54) is 22.7 Å². The molecule has 0 aliphatic rings. The highest BCUT2D eigenvalue weighted by molar-refractivity contribution is 9.11. The molecule has 2 heterocycles. The van der Waals surface area contributed by atoms with Crippen LogP contribution >= 0.6 is 66.9 Å². The molecule has 0 spiro atoms. The van der Waals surface area contributed by atoms with Crippen LogP contribution in [0.1, 0.15) is 9.67 Å². The van der Waals surface area contributed by atoms with Gasteiger partial charge in [0.25, 0.3) is 5.91 Å². The average Bonchev–Trinajstić information content (AvgIpc) is 3.12. The van der Waals surface area contributed by atoms with Crippen molar-refractivity contribution in [3.63, 3.8) is 0 Å². The van der Waals surface area contributed by atoms with E-state index in [2.05, 4.69) is 41.7 Å². The summed E-state index contributed by atoms with van der Waals surface area (Å²) in [4.78, 5) is 22.2. The van der Waals surface area contributed by atoms with Gasteiger partial charge >= 0.3 is 0 Å². The van der Waals surface area contributed by atoms with Crippen LogP contribution in [0.25, 0.3) is 10.2 Å². The number of rotatable bonds is 5. The molecule has 0 fully saturated rings. The molecule has 1 amide bonds. The van der Waals surface area contributed by atoms with Gasteiger partial charge < -0.3 is 4.90 Å². The van der Waals surface area contributed by atoms with Crippen molar-refractivity contribution in [2.45, 2.75) is 0 Å². The van der Waals surface area contributed by atoms with Crippen molar-refractivity contribution in [1.29, 1.82) is 0 Å². The first-order chi connectivity index (χ1) is 11.4. The molecular formula is C16H16Br2ClN3OS2. The third kappa shape index (κ3) is 5.02. The molecule has 134 valence electrons. The fourth-order valence-corrected chi connectivity index (χ4v) is 5.02. The van der Waals surface area contributed by atoms with Crippen LogP contribution in [-0.4, -0.2) is 43.0 Å². The zero-order chi connectivity index (χ0) is 17.3. The van der Waals surface area contributed by atoms with Gasteiger partial charge in [-0.05, 0) is 60.4 Å². The molecule has 0 aliphatic heterocycles. The van der Waals surface area contributed by atoms with E-state index in [-0.39, 0.29) is 18.3 Å². The van der Waals surface area contributed by atoms with E-state index in [0.29, 0.717) is 11.4 Å². The number of anilines is 1. The number of thiazole rings is 1. The molecule has 4 nitrogen and oxygen atoms in total. The maximum absolute atomic E-state index is 13.0. The largest absolute Gasteiger partial charge is 0.308 e. The summed E-state index contributed by atoms with van der Waals surface area (Å²) in [6.07, 6.45) is 0. The number of amides is 1. The molecule has 0 bridgehead atoms. The van der Waals surface area contributed by atoms with Crippen LogP contribution in [0.2, 0.25) is 0 Å². The SMILES string of the molecule is CN(C)CCN(C(=O)c1ccc(Br)s1)c1nc2ccc(Br)cc2s1.Cl. The van der Waals surface area contributed by atoms with Gasteiger partial charge in [0, 0.05) is 17.6 Å². The van der Waals surface area contributed by atoms with Crippen LogP contribution in [0.3, 0.4) is 0 Å². The Bertz CT molecular complexity index is 881. The summed E-state index contributed by atoms with van der Waals surface area (Å²) in [6, 6.07) is 9.72. The maximum atomic E-state index is 13.0. The molecular weight excluding hydrogens is 510 g/mol. The first-order valence-corrected chi connectivity index (χ1v) is 10.4. The molecule has 0 unspecified atom stereocenters. The Morgan fingerprint density at radius 2 is 1.88 bits per heavy atom. The highest BCUT2D eigenvalue weighted by Crippen LogP contribution is 2.32. The number of halogens is 3. The highest BCUT2D eigenvalue weighted by Gasteiger charge is 2.22. The van der Waals surface area contributed by atoms with Crippen molar-refractivity contribution in [3.8, 4) is 0 Å². The second-order valence-corrected chi connectivity index (χ2v) is 9.86. The number of carbonyl (C=O) groups excluding carboxylic acids is 1. The van der Waals surface area contributed by atoms with Crippen LogP contribution in [-0.2, 0) is 0 Å². The lowest BCUT2D eigenvalue weighted by molar-refractivity contribution is 0.0989. The first-order valence-electron chi connectivity index (χ1n) is 7.22. The Balaban J connectivity index is 0.00000225. The number of hydrogen-bond acceptors (Lipinski definition) is 5. The van der Waals surface area contributed by atoms with Crippen molar-refractivity contribution in [3.05, 3.63) is 43.5 Å². The summed E-state index contributed by atoms with van der Waals surface area (Å²) in [6.45, 7) is 1.38. The molecule has 2 aromatic heterocycles. The van der Waals surface area contributed by atoms with Crippen LogP contribution in [0.4, 0.5) is 5.13 Å². The number of nitrogens with zero attached hydrogens (tertiary/aromatic N) is 3. The van der Waals surface area contributed by atoms with Gasteiger partial charge in [-0.15, -0.1) is 23.7 Å². The third-order valence-corrected chi connectivity index (χ3v) is 6.52. The van der Waals surface area contributed by atoms with Crippen molar-refractivity contribution < 1.29 is 4.79 Å². The van der Waals surface area contributed by atoms with Crippen LogP contribution in [0.15, 0.2) is 38.6 Å². The summed E-state index contributed by atoms with van der Waals surface area (Å²) in [5.41, 5.74) is 0.910. The first kappa shape index (κ1) is 20.8. The summed E-state index contributed by atoms with van der Waals surface area (Å²) >= 11 is 9.89. The minimum atomic E-state index is -0.00864. The summed E-state index contributed by atoms with van der Waals surface area (Å²) in [5.74, 6) is -0.00864. The van der Waals surface area contributed by atoms with Crippen LogP contribution in [0.5, 0.6) is 0 Å². The number of fused-ring (bicyclic) bond motifs is 1. The maximum Gasteiger partial charge on any atom is 0.270 e.